The van der Waals surface area contributed by atoms with E-state index in [1.807, 2.05) is 0 Å². The Morgan fingerprint density at radius 3 is 2.89 bits per heavy atom. The van der Waals surface area contributed by atoms with Gasteiger partial charge in [-0.1, -0.05) is 17.3 Å². The van der Waals surface area contributed by atoms with Crippen LogP contribution in [-0.2, 0) is 12.8 Å². The number of rotatable bonds is 4. The molecule has 0 unspecified atom stereocenters. The van der Waals surface area contributed by atoms with Crippen molar-refractivity contribution in [2.75, 3.05) is 0 Å². The minimum absolute atomic E-state index is 0.0913. The molecule has 0 aliphatic heterocycles. The van der Waals surface area contributed by atoms with Crippen molar-refractivity contribution in [3.8, 4) is 0 Å². The van der Waals surface area contributed by atoms with Crippen LogP contribution in [0.4, 0.5) is 10.1 Å². The fraction of sp³-hybridized carbons (Fsp3) is 0.250. The SMILES string of the molecule is Cc1noc(CCc2cccc(F)c2)c1[N+](=O)[O-]. The van der Waals surface area contributed by atoms with Gasteiger partial charge in [-0.2, -0.15) is 0 Å². The van der Waals surface area contributed by atoms with Gasteiger partial charge in [-0.05, 0) is 31.0 Å². The molecular weight excluding hydrogens is 239 g/mol. The first-order valence-electron chi connectivity index (χ1n) is 5.42. The lowest BCUT2D eigenvalue weighted by Gasteiger charge is -1.99. The predicted octanol–water partition coefficient (Wildman–Crippen LogP) is 2.82. The van der Waals surface area contributed by atoms with E-state index in [0.29, 0.717) is 12.8 Å². The number of hydrogen-bond acceptors (Lipinski definition) is 4. The molecule has 0 saturated heterocycles. The summed E-state index contributed by atoms with van der Waals surface area (Å²) in [6.45, 7) is 1.52. The van der Waals surface area contributed by atoms with Crippen LogP contribution >= 0.6 is 0 Å². The van der Waals surface area contributed by atoms with Crippen LogP contribution in [0.5, 0.6) is 0 Å². The first-order chi connectivity index (χ1) is 8.58. The zero-order valence-corrected chi connectivity index (χ0v) is 9.72. The van der Waals surface area contributed by atoms with E-state index in [0.717, 1.165) is 5.56 Å². The van der Waals surface area contributed by atoms with E-state index >= 15 is 0 Å². The lowest BCUT2D eigenvalue weighted by atomic mass is 10.1. The second-order valence-corrected chi connectivity index (χ2v) is 3.93. The summed E-state index contributed by atoms with van der Waals surface area (Å²) in [7, 11) is 0. The molecule has 2 rings (SSSR count). The van der Waals surface area contributed by atoms with Crippen LogP contribution in [0.3, 0.4) is 0 Å². The topological polar surface area (TPSA) is 69.2 Å². The fourth-order valence-electron chi connectivity index (χ4n) is 1.76. The Morgan fingerprint density at radius 2 is 2.22 bits per heavy atom. The summed E-state index contributed by atoms with van der Waals surface area (Å²) >= 11 is 0. The van der Waals surface area contributed by atoms with Crippen molar-refractivity contribution in [3.05, 3.63) is 57.2 Å². The third-order valence-electron chi connectivity index (χ3n) is 2.61. The summed E-state index contributed by atoms with van der Waals surface area (Å²) in [6, 6.07) is 6.11. The third-order valence-corrected chi connectivity index (χ3v) is 2.61. The zero-order valence-electron chi connectivity index (χ0n) is 9.72. The number of aromatic nitrogens is 1. The quantitative estimate of drug-likeness (QED) is 0.618. The smallest absolute Gasteiger partial charge is 0.334 e. The molecule has 0 fully saturated rings. The van der Waals surface area contributed by atoms with Gasteiger partial charge in [0, 0.05) is 6.42 Å². The summed E-state index contributed by atoms with van der Waals surface area (Å²) in [4.78, 5) is 10.3. The van der Waals surface area contributed by atoms with E-state index in [1.54, 1.807) is 12.1 Å². The standard InChI is InChI=1S/C12H11FN2O3/c1-8-12(15(16)17)11(18-14-8)6-5-9-3-2-4-10(13)7-9/h2-4,7H,5-6H2,1H3. The largest absolute Gasteiger partial charge is 0.354 e. The molecule has 1 aromatic heterocycles. The third kappa shape index (κ3) is 2.53. The minimum atomic E-state index is -0.507. The van der Waals surface area contributed by atoms with Crippen molar-refractivity contribution in [2.45, 2.75) is 19.8 Å². The van der Waals surface area contributed by atoms with Crippen LogP contribution in [0.1, 0.15) is 17.0 Å². The van der Waals surface area contributed by atoms with E-state index < -0.39 is 4.92 Å². The van der Waals surface area contributed by atoms with Gasteiger partial charge in [0.15, 0.2) is 5.69 Å². The lowest BCUT2D eigenvalue weighted by Crippen LogP contribution is -1.96. The minimum Gasteiger partial charge on any atom is -0.354 e. The Kier molecular flexibility index (Phi) is 3.36. The molecular formula is C12H11FN2O3. The maximum Gasteiger partial charge on any atom is 0.334 e. The van der Waals surface area contributed by atoms with Crippen LogP contribution in [-0.4, -0.2) is 10.1 Å². The summed E-state index contributed by atoms with van der Waals surface area (Å²) in [5.74, 6) is -0.0995. The molecule has 0 aliphatic carbocycles. The van der Waals surface area contributed by atoms with Gasteiger partial charge >= 0.3 is 5.69 Å². The van der Waals surface area contributed by atoms with E-state index in [9.17, 15) is 14.5 Å². The van der Waals surface area contributed by atoms with Crippen LogP contribution < -0.4 is 0 Å². The Balaban J connectivity index is 2.13. The number of aryl methyl sites for hydroxylation is 3. The molecule has 0 aliphatic rings. The normalized spacial score (nSPS) is 10.6. The van der Waals surface area contributed by atoms with Crippen molar-refractivity contribution in [1.82, 2.24) is 5.16 Å². The second kappa shape index (κ2) is 4.95. The van der Waals surface area contributed by atoms with Gasteiger partial charge in [0.1, 0.15) is 5.82 Å². The molecule has 0 radical (unpaired) electrons. The average molecular weight is 250 g/mol. The van der Waals surface area contributed by atoms with E-state index in [-0.39, 0.29) is 23.0 Å². The van der Waals surface area contributed by atoms with E-state index in [4.69, 9.17) is 4.52 Å². The second-order valence-electron chi connectivity index (χ2n) is 3.93. The first kappa shape index (κ1) is 12.2. The van der Waals surface area contributed by atoms with Gasteiger partial charge in [-0.3, -0.25) is 10.1 Å². The molecule has 5 nitrogen and oxygen atoms in total. The predicted molar refractivity (Wildman–Crippen MR) is 61.7 cm³/mol. The molecule has 0 saturated carbocycles. The molecule has 0 amide bonds. The van der Waals surface area contributed by atoms with E-state index in [1.165, 1.54) is 19.1 Å². The van der Waals surface area contributed by atoms with Crippen molar-refractivity contribution in [1.29, 1.82) is 0 Å². The highest BCUT2D eigenvalue weighted by atomic mass is 19.1. The number of hydrogen-bond donors (Lipinski definition) is 0. The summed E-state index contributed by atoms with van der Waals surface area (Å²) in [6.07, 6.45) is 0.786. The fourth-order valence-corrected chi connectivity index (χ4v) is 1.76. The highest BCUT2D eigenvalue weighted by molar-refractivity contribution is 5.38. The van der Waals surface area contributed by atoms with Crippen molar-refractivity contribution in [2.24, 2.45) is 0 Å². The van der Waals surface area contributed by atoms with Gasteiger partial charge in [0.25, 0.3) is 0 Å². The van der Waals surface area contributed by atoms with Gasteiger partial charge in [-0.25, -0.2) is 4.39 Å². The van der Waals surface area contributed by atoms with Crippen LogP contribution in [0.15, 0.2) is 28.8 Å². The summed E-state index contributed by atoms with van der Waals surface area (Å²) < 4.78 is 17.9. The maximum absolute atomic E-state index is 13.0. The molecule has 0 atom stereocenters. The molecule has 18 heavy (non-hydrogen) atoms. The van der Waals surface area contributed by atoms with Gasteiger partial charge in [0.2, 0.25) is 5.76 Å². The van der Waals surface area contributed by atoms with Crippen molar-refractivity contribution >= 4 is 5.69 Å². The number of benzene rings is 1. The summed E-state index contributed by atoms with van der Waals surface area (Å²) in [5.41, 5.74) is 0.930. The number of nitrogens with zero attached hydrogens (tertiary/aromatic N) is 2. The molecule has 6 heteroatoms. The molecule has 2 aromatic rings. The maximum atomic E-state index is 13.0. The molecule has 1 heterocycles. The van der Waals surface area contributed by atoms with Gasteiger partial charge < -0.3 is 4.52 Å². The van der Waals surface area contributed by atoms with Gasteiger partial charge in [0.05, 0.1) is 4.92 Å². The Bertz CT molecular complexity index is 580. The first-order valence-corrected chi connectivity index (χ1v) is 5.42. The Labute approximate surface area is 102 Å². The molecule has 0 spiro atoms. The van der Waals surface area contributed by atoms with Crippen molar-refractivity contribution in [3.63, 3.8) is 0 Å². The average Bonchev–Trinajstić information content (AvgIpc) is 2.68. The zero-order chi connectivity index (χ0) is 13.1. The lowest BCUT2D eigenvalue weighted by molar-refractivity contribution is -0.386. The monoisotopic (exact) mass is 250 g/mol. The molecule has 0 N–H and O–H groups in total. The highest BCUT2D eigenvalue weighted by Gasteiger charge is 2.23. The highest BCUT2D eigenvalue weighted by Crippen LogP contribution is 2.24. The van der Waals surface area contributed by atoms with Crippen LogP contribution in [0, 0.1) is 22.9 Å². The number of halogens is 1. The Morgan fingerprint density at radius 1 is 1.44 bits per heavy atom. The van der Waals surface area contributed by atoms with Gasteiger partial charge in [-0.15, -0.1) is 0 Å². The van der Waals surface area contributed by atoms with Crippen molar-refractivity contribution < 1.29 is 13.8 Å². The molecule has 0 bridgehead atoms. The summed E-state index contributed by atoms with van der Waals surface area (Å²) in [5, 5.41) is 14.4. The molecule has 94 valence electrons. The molecule has 1 aromatic carbocycles. The Hall–Kier alpha value is -2.24. The van der Waals surface area contributed by atoms with Crippen LogP contribution in [0.2, 0.25) is 0 Å². The number of nitro groups is 1. The van der Waals surface area contributed by atoms with Crippen LogP contribution in [0.25, 0.3) is 0 Å². The van der Waals surface area contributed by atoms with E-state index in [2.05, 4.69) is 5.16 Å².